The Morgan fingerprint density at radius 2 is 2.06 bits per heavy atom. The number of hydrogen-bond acceptors (Lipinski definition) is 3. The van der Waals surface area contributed by atoms with E-state index < -0.39 is 11.6 Å². The first-order valence-corrected chi connectivity index (χ1v) is 6.05. The Hall–Kier alpha value is -1.56. The van der Waals surface area contributed by atoms with Gasteiger partial charge in [0.15, 0.2) is 0 Å². The van der Waals surface area contributed by atoms with Gasteiger partial charge in [0, 0.05) is 6.04 Å². The number of ether oxygens (including phenoxy) is 1. The maximum absolute atomic E-state index is 11.8. The Bertz CT molecular complexity index is 366. The normalized spacial score (nSPS) is 21.7. The van der Waals surface area contributed by atoms with Crippen LogP contribution in [-0.2, 0) is 9.53 Å². The number of rotatable bonds is 4. The Labute approximate surface area is 106 Å². The van der Waals surface area contributed by atoms with E-state index in [-0.39, 0.29) is 18.7 Å². The van der Waals surface area contributed by atoms with Crippen molar-refractivity contribution in [1.29, 1.82) is 0 Å². The van der Waals surface area contributed by atoms with Crippen LogP contribution in [0.1, 0.15) is 19.8 Å². The van der Waals surface area contributed by atoms with Crippen molar-refractivity contribution in [2.75, 3.05) is 19.7 Å². The minimum Gasteiger partial charge on any atom is -0.480 e. The fourth-order valence-electron chi connectivity index (χ4n) is 2.23. The molecule has 0 aromatic rings. The third-order valence-electron chi connectivity index (χ3n) is 3.22. The van der Waals surface area contributed by atoms with Gasteiger partial charge in [-0.3, -0.25) is 0 Å². The number of urea groups is 1. The molecule has 0 saturated carbocycles. The van der Waals surface area contributed by atoms with Gasteiger partial charge in [0.1, 0.15) is 12.2 Å². The van der Waals surface area contributed by atoms with Gasteiger partial charge in [-0.2, -0.15) is 0 Å². The third-order valence-corrected chi connectivity index (χ3v) is 3.22. The first-order valence-electron chi connectivity index (χ1n) is 6.05. The highest BCUT2D eigenvalue weighted by molar-refractivity contribution is 5.76. The Balaban J connectivity index is 1.70. The monoisotopic (exact) mass is 254 g/mol. The van der Waals surface area contributed by atoms with Crippen molar-refractivity contribution in [3.63, 3.8) is 0 Å². The third kappa shape index (κ3) is 3.01. The summed E-state index contributed by atoms with van der Waals surface area (Å²) in [7, 11) is 0. The Kier molecular flexibility index (Phi) is 3.56. The predicted molar refractivity (Wildman–Crippen MR) is 64.3 cm³/mol. The number of nitrogens with zero attached hydrogens (tertiary/aromatic N) is 1. The zero-order valence-electron chi connectivity index (χ0n) is 10.4. The molecular formula is C12H18N2O4. The van der Waals surface area contributed by atoms with Gasteiger partial charge in [-0.05, 0) is 19.8 Å². The Morgan fingerprint density at radius 1 is 1.44 bits per heavy atom. The number of aliphatic carboxylic acids is 1. The number of carboxylic acid groups (broad SMARTS) is 1. The molecule has 2 N–H and O–H groups in total. The standard InChI is InChI=1S/C12H18N2O4/c1-12(18-6-10(15)16)7-14(8-12)11(17)13-9-4-2-3-5-9/h2-3,9H,4-8H2,1H3,(H,13,17)(H,15,16). The molecule has 0 aromatic heterocycles. The summed E-state index contributed by atoms with van der Waals surface area (Å²) in [4.78, 5) is 23.9. The molecule has 0 radical (unpaired) electrons. The van der Waals surface area contributed by atoms with Gasteiger partial charge in [0.05, 0.1) is 13.1 Å². The summed E-state index contributed by atoms with van der Waals surface area (Å²) in [5, 5.41) is 11.5. The quantitative estimate of drug-likeness (QED) is 0.720. The van der Waals surface area contributed by atoms with Crippen LogP contribution in [0.5, 0.6) is 0 Å². The molecule has 2 aliphatic rings. The van der Waals surface area contributed by atoms with E-state index in [4.69, 9.17) is 9.84 Å². The summed E-state index contributed by atoms with van der Waals surface area (Å²) in [6.07, 6.45) is 5.88. The second-order valence-electron chi connectivity index (χ2n) is 5.08. The molecule has 0 atom stereocenters. The summed E-state index contributed by atoms with van der Waals surface area (Å²) >= 11 is 0. The lowest BCUT2D eigenvalue weighted by atomic mass is 9.97. The number of carbonyl (C=O) groups excluding carboxylic acids is 1. The highest BCUT2D eigenvalue weighted by Gasteiger charge is 2.43. The number of nitrogens with one attached hydrogen (secondary N) is 1. The first-order chi connectivity index (χ1) is 8.48. The van der Waals surface area contributed by atoms with E-state index in [1.54, 1.807) is 4.90 Å². The molecule has 1 heterocycles. The average molecular weight is 254 g/mol. The second kappa shape index (κ2) is 4.97. The van der Waals surface area contributed by atoms with Gasteiger partial charge in [0.2, 0.25) is 0 Å². The van der Waals surface area contributed by atoms with E-state index in [1.807, 2.05) is 6.92 Å². The van der Waals surface area contributed by atoms with Crippen LogP contribution in [0, 0.1) is 0 Å². The van der Waals surface area contributed by atoms with Crippen molar-refractivity contribution >= 4 is 12.0 Å². The second-order valence-corrected chi connectivity index (χ2v) is 5.08. The summed E-state index contributed by atoms with van der Waals surface area (Å²) in [6.45, 7) is 2.37. The number of carbonyl (C=O) groups is 2. The fourth-order valence-corrected chi connectivity index (χ4v) is 2.23. The van der Waals surface area contributed by atoms with Crippen LogP contribution in [-0.4, -0.2) is 53.3 Å². The van der Waals surface area contributed by atoms with Crippen LogP contribution in [0.4, 0.5) is 4.79 Å². The van der Waals surface area contributed by atoms with Crippen molar-refractivity contribution in [2.24, 2.45) is 0 Å². The number of hydrogen-bond donors (Lipinski definition) is 2. The smallest absolute Gasteiger partial charge is 0.329 e. The SMILES string of the molecule is CC1(OCC(=O)O)CN(C(=O)NC2CC=CC2)C1. The van der Waals surface area contributed by atoms with Crippen molar-refractivity contribution in [3.05, 3.63) is 12.2 Å². The summed E-state index contributed by atoms with van der Waals surface area (Å²) < 4.78 is 5.24. The molecular weight excluding hydrogens is 236 g/mol. The highest BCUT2D eigenvalue weighted by atomic mass is 16.5. The first kappa shape index (κ1) is 12.9. The van der Waals surface area contributed by atoms with Crippen LogP contribution >= 0.6 is 0 Å². The number of carboxylic acids is 1. The molecule has 1 fully saturated rings. The van der Waals surface area contributed by atoms with Crippen LogP contribution < -0.4 is 5.32 Å². The van der Waals surface area contributed by atoms with Gasteiger partial charge >= 0.3 is 12.0 Å². The van der Waals surface area contributed by atoms with E-state index >= 15 is 0 Å². The summed E-state index contributed by atoms with van der Waals surface area (Å²) in [6, 6.07) is 0.101. The molecule has 100 valence electrons. The largest absolute Gasteiger partial charge is 0.480 e. The van der Waals surface area contributed by atoms with Crippen molar-refractivity contribution in [3.8, 4) is 0 Å². The topological polar surface area (TPSA) is 78.9 Å². The highest BCUT2D eigenvalue weighted by Crippen LogP contribution is 2.24. The van der Waals surface area contributed by atoms with E-state index in [2.05, 4.69) is 17.5 Å². The maximum Gasteiger partial charge on any atom is 0.329 e. The van der Waals surface area contributed by atoms with E-state index in [0.717, 1.165) is 12.8 Å². The fraction of sp³-hybridized carbons (Fsp3) is 0.667. The van der Waals surface area contributed by atoms with Crippen LogP contribution in [0.3, 0.4) is 0 Å². The van der Waals surface area contributed by atoms with Crippen LogP contribution in [0.15, 0.2) is 12.2 Å². The zero-order valence-corrected chi connectivity index (χ0v) is 10.4. The molecule has 18 heavy (non-hydrogen) atoms. The van der Waals surface area contributed by atoms with Gasteiger partial charge in [-0.1, -0.05) is 12.2 Å². The molecule has 0 bridgehead atoms. The molecule has 6 nitrogen and oxygen atoms in total. The molecule has 1 aliphatic heterocycles. The number of amides is 2. The molecule has 1 saturated heterocycles. The van der Waals surface area contributed by atoms with Crippen molar-refractivity contribution in [1.82, 2.24) is 10.2 Å². The van der Waals surface area contributed by atoms with Gasteiger partial charge in [0.25, 0.3) is 0 Å². The summed E-state index contributed by atoms with van der Waals surface area (Å²) in [5.41, 5.74) is -0.524. The lowest BCUT2D eigenvalue weighted by Gasteiger charge is -2.47. The lowest BCUT2D eigenvalue weighted by Crippen LogP contribution is -2.65. The van der Waals surface area contributed by atoms with Crippen molar-refractivity contribution < 1.29 is 19.4 Å². The Morgan fingerprint density at radius 3 is 2.61 bits per heavy atom. The zero-order chi connectivity index (χ0) is 13.2. The molecule has 2 amide bonds. The molecule has 0 unspecified atom stereocenters. The van der Waals surface area contributed by atoms with E-state index in [0.29, 0.717) is 13.1 Å². The van der Waals surface area contributed by atoms with Crippen molar-refractivity contribution in [2.45, 2.75) is 31.4 Å². The van der Waals surface area contributed by atoms with Crippen LogP contribution in [0.25, 0.3) is 0 Å². The van der Waals surface area contributed by atoms with Gasteiger partial charge in [-0.25, -0.2) is 9.59 Å². The average Bonchev–Trinajstić information content (AvgIpc) is 2.75. The molecule has 6 heteroatoms. The minimum atomic E-state index is -0.990. The molecule has 0 aromatic carbocycles. The lowest BCUT2D eigenvalue weighted by molar-refractivity contribution is -0.159. The van der Waals surface area contributed by atoms with E-state index in [1.165, 1.54) is 0 Å². The summed E-state index contributed by atoms with van der Waals surface area (Å²) in [5.74, 6) is -0.990. The molecule has 1 aliphatic carbocycles. The van der Waals surface area contributed by atoms with Crippen LogP contribution in [0.2, 0.25) is 0 Å². The predicted octanol–water partition coefficient (Wildman–Crippen LogP) is 0.590. The molecule has 0 spiro atoms. The maximum atomic E-state index is 11.8. The molecule has 2 rings (SSSR count). The minimum absolute atomic E-state index is 0.0971. The van der Waals surface area contributed by atoms with Gasteiger partial charge < -0.3 is 20.1 Å². The van der Waals surface area contributed by atoms with E-state index in [9.17, 15) is 9.59 Å². The van der Waals surface area contributed by atoms with Gasteiger partial charge in [-0.15, -0.1) is 0 Å². The number of likely N-dealkylation sites (tertiary alicyclic amines) is 1.